The molecule has 13 heteroatoms. The van der Waals surface area contributed by atoms with Crippen molar-refractivity contribution in [2.24, 2.45) is 0 Å². The lowest BCUT2D eigenvalue weighted by Gasteiger charge is -2.40. The van der Waals surface area contributed by atoms with Crippen LogP contribution in [0, 0.1) is 0 Å². The second kappa shape index (κ2) is 13.2. The Balaban J connectivity index is 0.968. The van der Waals surface area contributed by atoms with Crippen LogP contribution in [0.2, 0.25) is 0 Å². The van der Waals surface area contributed by atoms with Crippen molar-refractivity contribution in [2.75, 3.05) is 43.1 Å². The number of carbonyl (C=O) groups excluding carboxylic acids is 3. The number of hydrogen-bond donors (Lipinski definition) is 2. The Kier molecular flexibility index (Phi) is 8.93. The van der Waals surface area contributed by atoms with Gasteiger partial charge < -0.3 is 34.5 Å². The van der Waals surface area contributed by atoms with Crippen LogP contribution >= 0.6 is 0 Å². The summed E-state index contributed by atoms with van der Waals surface area (Å²) in [5, 5.41) is 6.09. The molecule has 3 aliphatic rings. The molecule has 0 aliphatic carbocycles. The number of nitrogens with one attached hydrogen (secondary N) is 2. The molecule has 0 saturated carbocycles. The first-order valence-corrected chi connectivity index (χ1v) is 15.4. The van der Waals surface area contributed by atoms with Crippen LogP contribution in [-0.2, 0) is 20.8 Å². The van der Waals surface area contributed by atoms with Gasteiger partial charge in [-0.2, -0.15) is 0 Å². The second-order valence-electron chi connectivity index (χ2n) is 12.4. The summed E-state index contributed by atoms with van der Waals surface area (Å²) >= 11 is 0. The standard InChI is InChI=1S/C33H38N6O7/c1-33(2,3)46-32(42)38-15-13-23(38)19-44-29-9-5-8-25(35-29)22-7-4-6-21(16-22)17-34-14-12-24-18-39(31(41)45-24)27-11-10-26-30(36-27)37-28(40)20-43-26/h4-11,16,23-24,34H,12-15,17-20H2,1-3H3,(H,36,37,40)/t23-,24-/m0/s1. The predicted molar refractivity (Wildman–Crippen MR) is 169 cm³/mol. The lowest BCUT2D eigenvalue weighted by Crippen LogP contribution is -2.55. The monoisotopic (exact) mass is 630 g/mol. The molecule has 2 fully saturated rings. The molecule has 2 N–H and O–H groups in total. The fourth-order valence-electron chi connectivity index (χ4n) is 5.31. The molecule has 0 spiro atoms. The first kappa shape index (κ1) is 31.1. The quantitative estimate of drug-likeness (QED) is 0.310. The number of anilines is 2. The number of ether oxygens (including phenoxy) is 4. The SMILES string of the molecule is CC(C)(C)OC(=O)N1CC[C@H]1COc1cccc(-c2cccc(CNCC[C@H]3CN(c4ccc5c(n4)NC(=O)CO5)C(=O)O3)c2)n1. The third-order valence-corrected chi connectivity index (χ3v) is 7.72. The summed E-state index contributed by atoms with van der Waals surface area (Å²) in [6, 6.07) is 17.1. The molecule has 13 nitrogen and oxygen atoms in total. The van der Waals surface area contributed by atoms with E-state index in [1.54, 1.807) is 17.0 Å². The maximum absolute atomic E-state index is 12.5. The summed E-state index contributed by atoms with van der Waals surface area (Å²) in [6.07, 6.45) is 0.400. The molecule has 0 unspecified atom stereocenters. The van der Waals surface area contributed by atoms with Gasteiger partial charge in [0.1, 0.15) is 24.1 Å². The Morgan fingerprint density at radius 2 is 1.96 bits per heavy atom. The van der Waals surface area contributed by atoms with Gasteiger partial charge in [-0.15, -0.1) is 0 Å². The van der Waals surface area contributed by atoms with Crippen molar-refractivity contribution in [1.29, 1.82) is 0 Å². The molecule has 3 aliphatic heterocycles. The van der Waals surface area contributed by atoms with E-state index in [9.17, 15) is 14.4 Å². The van der Waals surface area contributed by atoms with Gasteiger partial charge in [0.15, 0.2) is 18.2 Å². The summed E-state index contributed by atoms with van der Waals surface area (Å²) in [6.45, 7) is 8.15. The van der Waals surface area contributed by atoms with Crippen LogP contribution in [-0.4, -0.2) is 83.6 Å². The molecule has 0 bridgehead atoms. The van der Waals surface area contributed by atoms with Gasteiger partial charge in [-0.1, -0.05) is 24.3 Å². The van der Waals surface area contributed by atoms with E-state index in [0.29, 0.717) is 62.5 Å². The largest absolute Gasteiger partial charge is 0.480 e. The van der Waals surface area contributed by atoms with E-state index in [4.69, 9.17) is 23.9 Å². The zero-order valence-electron chi connectivity index (χ0n) is 26.2. The van der Waals surface area contributed by atoms with Crippen molar-refractivity contribution in [1.82, 2.24) is 20.2 Å². The third-order valence-electron chi connectivity index (χ3n) is 7.72. The highest BCUT2D eigenvalue weighted by atomic mass is 16.6. The van der Waals surface area contributed by atoms with E-state index in [0.717, 1.165) is 23.2 Å². The van der Waals surface area contributed by atoms with Crippen LogP contribution in [0.3, 0.4) is 0 Å². The predicted octanol–water partition coefficient (Wildman–Crippen LogP) is 4.37. The van der Waals surface area contributed by atoms with Crippen LogP contribution in [0.25, 0.3) is 11.3 Å². The fraction of sp³-hybridized carbons (Fsp3) is 0.424. The Morgan fingerprint density at radius 3 is 2.76 bits per heavy atom. The molecule has 6 rings (SSSR count). The van der Waals surface area contributed by atoms with Crippen molar-refractivity contribution in [3.63, 3.8) is 0 Å². The molecule has 3 amide bonds. The van der Waals surface area contributed by atoms with Crippen molar-refractivity contribution in [2.45, 2.75) is 57.9 Å². The van der Waals surface area contributed by atoms with E-state index in [1.165, 1.54) is 4.90 Å². The number of cyclic esters (lactones) is 1. The topological polar surface area (TPSA) is 144 Å². The van der Waals surface area contributed by atoms with E-state index in [-0.39, 0.29) is 30.8 Å². The van der Waals surface area contributed by atoms with E-state index < -0.39 is 11.7 Å². The number of hydrogen-bond acceptors (Lipinski definition) is 10. The summed E-state index contributed by atoms with van der Waals surface area (Å²) < 4.78 is 22.4. The molecule has 2 aromatic heterocycles. The Bertz CT molecular complexity index is 1610. The molecule has 3 aromatic rings. The minimum absolute atomic E-state index is 0.0369. The third kappa shape index (κ3) is 7.48. The number of nitrogens with zero attached hydrogens (tertiary/aromatic N) is 4. The van der Waals surface area contributed by atoms with Crippen LogP contribution in [0.4, 0.5) is 21.2 Å². The van der Waals surface area contributed by atoms with Gasteiger partial charge in [0, 0.05) is 24.7 Å². The molecule has 242 valence electrons. The molecule has 2 atom stereocenters. The average molecular weight is 631 g/mol. The molecular formula is C33H38N6O7. The van der Waals surface area contributed by atoms with E-state index >= 15 is 0 Å². The lowest BCUT2D eigenvalue weighted by atomic mass is 10.1. The second-order valence-corrected chi connectivity index (χ2v) is 12.4. The van der Waals surface area contributed by atoms with Crippen molar-refractivity contribution >= 4 is 29.7 Å². The van der Waals surface area contributed by atoms with Gasteiger partial charge in [-0.05, 0) is 70.0 Å². The average Bonchev–Trinajstić information content (AvgIpc) is 3.38. The van der Waals surface area contributed by atoms with Gasteiger partial charge in [-0.25, -0.2) is 19.6 Å². The maximum Gasteiger partial charge on any atom is 0.415 e. The number of benzene rings is 1. The highest BCUT2D eigenvalue weighted by Gasteiger charge is 2.36. The minimum atomic E-state index is -0.537. The van der Waals surface area contributed by atoms with Crippen LogP contribution in [0.5, 0.6) is 11.6 Å². The molecule has 2 saturated heterocycles. The Hall–Kier alpha value is -4.91. The summed E-state index contributed by atoms with van der Waals surface area (Å²) in [5.74, 6) is 1.37. The molecule has 5 heterocycles. The number of rotatable bonds is 10. The highest BCUT2D eigenvalue weighted by Crippen LogP contribution is 2.30. The van der Waals surface area contributed by atoms with Crippen molar-refractivity contribution in [3.05, 3.63) is 60.2 Å². The number of likely N-dealkylation sites (tertiary alicyclic amines) is 1. The fourth-order valence-corrected chi connectivity index (χ4v) is 5.31. The molecular weight excluding hydrogens is 592 g/mol. The number of fused-ring (bicyclic) bond motifs is 1. The number of carbonyl (C=O) groups is 3. The minimum Gasteiger partial charge on any atom is -0.480 e. The number of pyridine rings is 2. The Morgan fingerprint density at radius 1 is 1.11 bits per heavy atom. The number of amides is 3. The van der Waals surface area contributed by atoms with Crippen LogP contribution in [0.1, 0.15) is 39.2 Å². The Labute approximate surface area is 267 Å². The summed E-state index contributed by atoms with van der Waals surface area (Å²) in [7, 11) is 0. The van der Waals surface area contributed by atoms with Crippen LogP contribution in [0.15, 0.2) is 54.6 Å². The van der Waals surface area contributed by atoms with Gasteiger partial charge in [0.05, 0.1) is 18.3 Å². The number of aromatic nitrogens is 2. The van der Waals surface area contributed by atoms with Gasteiger partial charge >= 0.3 is 12.2 Å². The smallest absolute Gasteiger partial charge is 0.415 e. The van der Waals surface area contributed by atoms with Crippen molar-refractivity contribution in [3.8, 4) is 22.9 Å². The van der Waals surface area contributed by atoms with Gasteiger partial charge in [0.2, 0.25) is 5.88 Å². The molecule has 0 radical (unpaired) electrons. The maximum atomic E-state index is 12.5. The zero-order valence-corrected chi connectivity index (χ0v) is 26.2. The lowest BCUT2D eigenvalue weighted by molar-refractivity contribution is -0.118. The summed E-state index contributed by atoms with van der Waals surface area (Å²) in [5.41, 5.74) is 2.30. The van der Waals surface area contributed by atoms with E-state index in [1.807, 2.05) is 57.2 Å². The summed E-state index contributed by atoms with van der Waals surface area (Å²) in [4.78, 5) is 48.8. The normalized spacial score (nSPS) is 19.0. The van der Waals surface area contributed by atoms with E-state index in [2.05, 4.69) is 21.7 Å². The first-order valence-electron chi connectivity index (χ1n) is 15.4. The van der Waals surface area contributed by atoms with Gasteiger partial charge in [-0.3, -0.25) is 9.69 Å². The zero-order chi connectivity index (χ0) is 32.3. The van der Waals surface area contributed by atoms with Gasteiger partial charge in [0.25, 0.3) is 5.91 Å². The van der Waals surface area contributed by atoms with Crippen molar-refractivity contribution < 1.29 is 33.3 Å². The molecule has 1 aromatic carbocycles. The molecule has 46 heavy (non-hydrogen) atoms. The van der Waals surface area contributed by atoms with Crippen LogP contribution < -0.4 is 25.0 Å². The first-order chi connectivity index (χ1) is 22.1. The highest BCUT2D eigenvalue weighted by molar-refractivity contribution is 5.95.